The highest BCUT2D eigenvalue weighted by Gasteiger charge is 2.27. The molecule has 0 radical (unpaired) electrons. The molecule has 2 aromatic rings. The second-order valence-electron chi connectivity index (χ2n) is 5.74. The molecule has 0 N–H and O–H groups in total. The van der Waals surface area contributed by atoms with Crippen LogP contribution in [0.5, 0.6) is 0 Å². The minimum Gasteiger partial charge on any atom is -0.341 e. The van der Waals surface area contributed by atoms with Crippen LogP contribution in [0.25, 0.3) is 11.3 Å². The van der Waals surface area contributed by atoms with E-state index in [-0.39, 0.29) is 5.82 Å². The molecule has 0 aromatic heterocycles. The van der Waals surface area contributed by atoms with Gasteiger partial charge in [0.05, 0.1) is 16.3 Å². The number of hydrogen-bond acceptors (Lipinski definition) is 1. The molecule has 0 unspecified atom stereocenters. The van der Waals surface area contributed by atoms with Gasteiger partial charge in [0.15, 0.2) is 0 Å². The highest BCUT2D eigenvalue weighted by molar-refractivity contribution is 6.32. The summed E-state index contributed by atoms with van der Waals surface area (Å²) in [6.07, 6.45) is 2.06. The molecule has 3 heteroatoms. The number of likely N-dealkylation sites (N-methyl/N-ethyl adjacent to an activating group) is 1. The zero-order valence-corrected chi connectivity index (χ0v) is 14.6. The first-order valence-corrected chi connectivity index (χ1v) is 8.31. The van der Waals surface area contributed by atoms with E-state index in [4.69, 9.17) is 11.6 Å². The van der Waals surface area contributed by atoms with Gasteiger partial charge < -0.3 is 4.90 Å². The summed E-state index contributed by atoms with van der Waals surface area (Å²) in [6.45, 7) is 8.90. The minimum absolute atomic E-state index is 0.329. The van der Waals surface area contributed by atoms with E-state index in [1.165, 1.54) is 6.07 Å². The lowest BCUT2D eigenvalue weighted by molar-refractivity contribution is 0.517. The largest absolute Gasteiger partial charge is 0.341 e. The van der Waals surface area contributed by atoms with Crippen molar-refractivity contribution >= 4 is 22.9 Å². The van der Waals surface area contributed by atoms with Gasteiger partial charge in [0, 0.05) is 17.8 Å². The van der Waals surface area contributed by atoms with Crippen molar-refractivity contribution in [3.63, 3.8) is 0 Å². The van der Waals surface area contributed by atoms with Crippen LogP contribution in [0.1, 0.15) is 25.0 Å². The third kappa shape index (κ3) is 2.78. The Balaban J connectivity index is 2.37. The molecule has 0 fully saturated rings. The molecule has 1 aliphatic rings. The Morgan fingerprint density at radius 2 is 1.79 bits per heavy atom. The van der Waals surface area contributed by atoms with Gasteiger partial charge in [-0.2, -0.15) is 0 Å². The van der Waals surface area contributed by atoms with Gasteiger partial charge in [-0.1, -0.05) is 54.6 Å². The van der Waals surface area contributed by atoms with Crippen LogP contribution in [-0.4, -0.2) is 11.4 Å². The van der Waals surface area contributed by atoms with Crippen LogP contribution in [0.2, 0.25) is 5.02 Å². The Hall–Kier alpha value is -2.32. The average Bonchev–Trinajstić information content (AvgIpc) is 2.58. The predicted octanol–water partition coefficient (Wildman–Crippen LogP) is 6.14. The summed E-state index contributed by atoms with van der Waals surface area (Å²) < 4.78 is 14.7. The maximum atomic E-state index is 14.7. The van der Waals surface area contributed by atoms with E-state index in [0.29, 0.717) is 17.1 Å². The van der Waals surface area contributed by atoms with E-state index in [2.05, 4.69) is 12.7 Å². The Labute approximate surface area is 147 Å². The van der Waals surface area contributed by atoms with Gasteiger partial charge in [-0.25, -0.2) is 4.39 Å². The van der Waals surface area contributed by atoms with Crippen LogP contribution in [-0.2, 0) is 0 Å². The first-order valence-electron chi connectivity index (χ1n) is 7.93. The molecule has 0 spiro atoms. The molecule has 2 aromatic carbocycles. The van der Waals surface area contributed by atoms with Crippen LogP contribution in [0, 0.1) is 5.82 Å². The maximum Gasteiger partial charge on any atom is 0.134 e. The van der Waals surface area contributed by atoms with Gasteiger partial charge in [-0.05, 0) is 43.2 Å². The number of allylic oxidation sites excluding steroid dienone is 3. The maximum absolute atomic E-state index is 14.7. The minimum atomic E-state index is -0.329. The van der Waals surface area contributed by atoms with Gasteiger partial charge in [-0.3, -0.25) is 0 Å². The van der Waals surface area contributed by atoms with Crippen molar-refractivity contribution in [2.75, 3.05) is 6.54 Å². The molecule has 1 heterocycles. The molecule has 0 saturated heterocycles. The lowest BCUT2D eigenvalue weighted by Crippen LogP contribution is -2.25. The Morgan fingerprint density at radius 1 is 1.08 bits per heavy atom. The van der Waals surface area contributed by atoms with Crippen molar-refractivity contribution in [1.82, 2.24) is 4.90 Å². The van der Waals surface area contributed by atoms with Crippen molar-refractivity contribution in [3.8, 4) is 0 Å². The zero-order valence-electron chi connectivity index (χ0n) is 13.8. The van der Waals surface area contributed by atoms with Crippen molar-refractivity contribution < 1.29 is 4.39 Å². The van der Waals surface area contributed by atoms with E-state index in [9.17, 15) is 4.39 Å². The summed E-state index contributed by atoms with van der Waals surface area (Å²) >= 11 is 6.37. The van der Waals surface area contributed by atoms with Crippen LogP contribution < -0.4 is 0 Å². The molecule has 0 amide bonds. The molecular weight excluding hydrogens is 321 g/mol. The third-order valence-corrected chi connectivity index (χ3v) is 4.58. The van der Waals surface area contributed by atoms with E-state index >= 15 is 0 Å². The number of hydrogen-bond donors (Lipinski definition) is 0. The summed E-state index contributed by atoms with van der Waals surface area (Å²) in [5, 5.41) is 0.401. The van der Waals surface area contributed by atoms with E-state index < -0.39 is 0 Å². The molecule has 0 saturated carbocycles. The van der Waals surface area contributed by atoms with E-state index in [0.717, 1.165) is 28.1 Å². The summed E-state index contributed by atoms with van der Waals surface area (Å²) in [7, 11) is 0. The van der Waals surface area contributed by atoms with Gasteiger partial charge in [0.1, 0.15) is 5.82 Å². The molecular formula is C21H19ClFN. The molecule has 24 heavy (non-hydrogen) atoms. The Bertz CT molecular complexity index is 829. The van der Waals surface area contributed by atoms with E-state index in [1.54, 1.807) is 12.1 Å². The van der Waals surface area contributed by atoms with Crippen molar-refractivity contribution in [3.05, 3.63) is 94.4 Å². The highest BCUT2D eigenvalue weighted by Crippen LogP contribution is 2.41. The fourth-order valence-corrected chi connectivity index (χ4v) is 3.29. The predicted molar refractivity (Wildman–Crippen MR) is 99.9 cm³/mol. The number of benzene rings is 2. The first-order chi connectivity index (χ1) is 11.5. The zero-order chi connectivity index (χ0) is 17.3. The SMILES string of the molecule is C=C1C(C)=CC(c2ccccc2)=C(c2c(F)cccc2Cl)N1CC. The number of halogens is 2. The topological polar surface area (TPSA) is 3.24 Å². The van der Waals surface area contributed by atoms with Gasteiger partial charge in [0.2, 0.25) is 0 Å². The molecule has 1 aliphatic heterocycles. The van der Waals surface area contributed by atoms with Crippen LogP contribution in [0.4, 0.5) is 4.39 Å². The molecule has 0 bridgehead atoms. The number of nitrogens with zero attached hydrogens (tertiary/aromatic N) is 1. The van der Waals surface area contributed by atoms with Crippen LogP contribution in [0.3, 0.4) is 0 Å². The van der Waals surface area contributed by atoms with Gasteiger partial charge in [0.25, 0.3) is 0 Å². The monoisotopic (exact) mass is 339 g/mol. The molecule has 1 nitrogen and oxygen atoms in total. The smallest absolute Gasteiger partial charge is 0.134 e. The quantitative estimate of drug-likeness (QED) is 0.649. The van der Waals surface area contributed by atoms with Crippen LogP contribution >= 0.6 is 11.6 Å². The third-order valence-electron chi connectivity index (χ3n) is 4.27. The first kappa shape index (κ1) is 16.5. The summed E-state index contributed by atoms with van der Waals surface area (Å²) in [5.74, 6) is -0.329. The van der Waals surface area contributed by atoms with Crippen molar-refractivity contribution in [2.45, 2.75) is 13.8 Å². The van der Waals surface area contributed by atoms with Crippen molar-refractivity contribution in [1.29, 1.82) is 0 Å². The molecule has 3 rings (SSSR count). The van der Waals surface area contributed by atoms with Crippen molar-refractivity contribution in [2.24, 2.45) is 0 Å². The Kier molecular flexibility index (Phi) is 4.59. The second-order valence-corrected chi connectivity index (χ2v) is 6.15. The highest BCUT2D eigenvalue weighted by atomic mass is 35.5. The van der Waals surface area contributed by atoms with Gasteiger partial charge in [-0.15, -0.1) is 0 Å². The summed E-state index contributed by atoms with van der Waals surface area (Å²) in [4.78, 5) is 2.03. The fourth-order valence-electron chi connectivity index (χ4n) is 3.04. The van der Waals surface area contributed by atoms with E-state index in [1.807, 2.05) is 49.1 Å². The summed E-state index contributed by atoms with van der Waals surface area (Å²) in [5.41, 5.74) is 5.09. The van der Waals surface area contributed by atoms with Crippen LogP contribution in [0.15, 0.2) is 72.5 Å². The molecule has 122 valence electrons. The van der Waals surface area contributed by atoms with Gasteiger partial charge >= 0.3 is 0 Å². The summed E-state index contributed by atoms with van der Waals surface area (Å²) in [6, 6.07) is 14.8. The fraction of sp³-hybridized carbons (Fsp3) is 0.143. The second kappa shape index (κ2) is 6.66. The number of rotatable bonds is 3. The normalized spacial score (nSPS) is 14.9. The lowest BCUT2D eigenvalue weighted by atomic mass is 9.92. The molecule has 0 aliphatic carbocycles. The standard InChI is InChI=1S/C21H19ClFN/c1-4-24-15(3)14(2)13-17(16-9-6-5-7-10-16)21(24)20-18(22)11-8-12-19(20)23/h5-13H,3-4H2,1-2H3. The lowest BCUT2D eigenvalue weighted by Gasteiger charge is -2.35. The Morgan fingerprint density at radius 3 is 2.42 bits per heavy atom. The average molecular weight is 340 g/mol. The molecule has 0 atom stereocenters.